The van der Waals surface area contributed by atoms with Crippen LogP contribution in [0.4, 0.5) is 0 Å². The summed E-state index contributed by atoms with van der Waals surface area (Å²) in [6, 6.07) is 0.373. The van der Waals surface area contributed by atoms with Gasteiger partial charge in [-0.25, -0.2) is 0 Å². The van der Waals surface area contributed by atoms with Gasteiger partial charge in [-0.15, -0.1) is 24.8 Å². The maximum atomic E-state index is 12.1. The smallest absolute Gasteiger partial charge is 0.224 e. The third-order valence-corrected chi connectivity index (χ3v) is 3.97. The van der Waals surface area contributed by atoms with Gasteiger partial charge in [0.25, 0.3) is 0 Å². The third-order valence-electron chi connectivity index (χ3n) is 3.97. The van der Waals surface area contributed by atoms with Crippen LogP contribution in [0.3, 0.4) is 0 Å². The second-order valence-corrected chi connectivity index (χ2v) is 5.28. The van der Waals surface area contributed by atoms with E-state index in [-0.39, 0.29) is 36.6 Å². The molecule has 0 aromatic heterocycles. The van der Waals surface area contributed by atoms with Gasteiger partial charge in [0.1, 0.15) is 0 Å². The zero-order valence-electron chi connectivity index (χ0n) is 11.7. The summed E-state index contributed by atoms with van der Waals surface area (Å²) >= 11 is 0. The molecule has 6 heteroatoms. The molecule has 2 unspecified atom stereocenters. The van der Waals surface area contributed by atoms with Crippen molar-refractivity contribution >= 4 is 30.7 Å². The fraction of sp³-hybridized carbons (Fsp3) is 0.923. The Morgan fingerprint density at radius 1 is 1.32 bits per heavy atom. The quantitative estimate of drug-likeness (QED) is 0.829. The van der Waals surface area contributed by atoms with Crippen molar-refractivity contribution in [3.05, 3.63) is 0 Å². The van der Waals surface area contributed by atoms with Crippen LogP contribution in [0, 0.1) is 5.92 Å². The first kappa shape index (κ1) is 19.0. The van der Waals surface area contributed by atoms with Gasteiger partial charge in [0.05, 0.1) is 5.92 Å². The van der Waals surface area contributed by atoms with Gasteiger partial charge in [-0.1, -0.05) is 6.92 Å². The number of amides is 1. The Morgan fingerprint density at radius 2 is 2.11 bits per heavy atom. The molecule has 2 N–H and O–H groups in total. The molecule has 2 fully saturated rings. The summed E-state index contributed by atoms with van der Waals surface area (Å²) in [5.74, 6) is 0.459. The summed E-state index contributed by atoms with van der Waals surface area (Å²) in [6.07, 6.45) is 4.52. The molecule has 19 heavy (non-hydrogen) atoms. The van der Waals surface area contributed by atoms with Gasteiger partial charge in [-0.2, -0.15) is 0 Å². The first-order valence-corrected chi connectivity index (χ1v) is 7.03. The summed E-state index contributed by atoms with van der Waals surface area (Å²) in [5.41, 5.74) is 0. The lowest BCUT2D eigenvalue weighted by atomic mass is 9.97. The highest BCUT2D eigenvalue weighted by Gasteiger charge is 2.25. The number of rotatable bonds is 3. The van der Waals surface area contributed by atoms with Gasteiger partial charge in [0.2, 0.25) is 5.91 Å². The Morgan fingerprint density at radius 3 is 2.74 bits per heavy atom. The molecule has 0 spiro atoms. The van der Waals surface area contributed by atoms with E-state index in [9.17, 15) is 4.79 Å². The molecule has 0 aliphatic carbocycles. The fourth-order valence-electron chi connectivity index (χ4n) is 2.86. The summed E-state index contributed by atoms with van der Waals surface area (Å²) in [5, 5.41) is 6.53. The number of hydrogen-bond donors (Lipinski definition) is 2. The molecule has 114 valence electrons. The van der Waals surface area contributed by atoms with Crippen molar-refractivity contribution in [3.8, 4) is 0 Å². The Labute approximate surface area is 128 Å². The van der Waals surface area contributed by atoms with E-state index < -0.39 is 0 Å². The summed E-state index contributed by atoms with van der Waals surface area (Å²) in [4.78, 5) is 14.5. The lowest BCUT2D eigenvalue weighted by molar-refractivity contribution is -0.126. The van der Waals surface area contributed by atoms with Gasteiger partial charge < -0.3 is 15.5 Å². The van der Waals surface area contributed by atoms with Crippen LogP contribution in [-0.2, 0) is 4.79 Å². The van der Waals surface area contributed by atoms with Crippen molar-refractivity contribution in [3.63, 3.8) is 0 Å². The van der Waals surface area contributed by atoms with Crippen LogP contribution in [0.1, 0.15) is 32.6 Å². The maximum Gasteiger partial charge on any atom is 0.224 e. The third kappa shape index (κ3) is 5.86. The molecular formula is C13H27Cl2N3O. The fourth-order valence-corrected chi connectivity index (χ4v) is 2.86. The molecule has 0 aromatic rings. The Balaban J connectivity index is 0.00000162. The predicted octanol–water partition coefficient (Wildman–Crippen LogP) is 1.43. The van der Waals surface area contributed by atoms with Crippen molar-refractivity contribution in [1.82, 2.24) is 15.5 Å². The molecule has 2 rings (SSSR count). The van der Waals surface area contributed by atoms with E-state index in [4.69, 9.17) is 0 Å². The Kier molecular flexibility index (Phi) is 9.79. The van der Waals surface area contributed by atoms with E-state index in [1.54, 1.807) is 0 Å². The summed E-state index contributed by atoms with van der Waals surface area (Å²) < 4.78 is 0. The largest absolute Gasteiger partial charge is 0.352 e. The Bertz CT molecular complexity index is 260. The van der Waals surface area contributed by atoms with Gasteiger partial charge in [0.15, 0.2) is 0 Å². The molecule has 0 saturated carbocycles. The van der Waals surface area contributed by atoms with Crippen molar-refractivity contribution in [1.29, 1.82) is 0 Å². The maximum absolute atomic E-state index is 12.1. The molecule has 1 amide bonds. The highest BCUT2D eigenvalue weighted by Crippen LogP contribution is 2.13. The van der Waals surface area contributed by atoms with Crippen molar-refractivity contribution in [2.24, 2.45) is 5.92 Å². The highest BCUT2D eigenvalue weighted by atomic mass is 35.5. The van der Waals surface area contributed by atoms with E-state index in [1.807, 2.05) is 0 Å². The molecule has 0 radical (unpaired) electrons. The number of carbonyl (C=O) groups excluding carboxylic acids is 1. The molecule has 2 aliphatic rings. The van der Waals surface area contributed by atoms with Crippen LogP contribution in [0.2, 0.25) is 0 Å². The molecule has 2 saturated heterocycles. The van der Waals surface area contributed by atoms with Crippen LogP contribution in [0.25, 0.3) is 0 Å². The zero-order valence-corrected chi connectivity index (χ0v) is 13.3. The molecule has 0 aromatic carbocycles. The van der Waals surface area contributed by atoms with Gasteiger partial charge in [-0.3, -0.25) is 4.79 Å². The molecule has 4 nitrogen and oxygen atoms in total. The van der Waals surface area contributed by atoms with Crippen LogP contribution in [0.15, 0.2) is 0 Å². The van der Waals surface area contributed by atoms with E-state index in [0.717, 1.165) is 45.4 Å². The minimum absolute atomic E-state index is 0. The van der Waals surface area contributed by atoms with Crippen molar-refractivity contribution in [2.75, 3.05) is 32.7 Å². The van der Waals surface area contributed by atoms with E-state index in [1.165, 1.54) is 13.0 Å². The van der Waals surface area contributed by atoms with Gasteiger partial charge >= 0.3 is 0 Å². The first-order chi connectivity index (χ1) is 8.29. The SMILES string of the molecule is CCN1CCCC(NC(=O)C2CCCNC2)C1.Cl.Cl. The van der Waals surface area contributed by atoms with Crippen LogP contribution in [-0.4, -0.2) is 49.6 Å². The van der Waals surface area contributed by atoms with Crippen LogP contribution < -0.4 is 10.6 Å². The monoisotopic (exact) mass is 311 g/mol. The normalized spacial score (nSPS) is 27.8. The minimum Gasteiger partial charge on any atom is -0.352 e. The van der Waals surface area contributed by atoms with E-state index in [2.05, 4.69) is 22.5 Å². The first-order valence-electron chi connectivity index (χ1n) is 7.03. The minimum atomic E-state index is 0. The molecule has 0 bridgehead atoms. The average molecular weight is 312 g/mol. The molecule has 2 aliphatic heterocycles. The lowest BCUT2D eigenvalue weighted by Crippen LogP contribution is -2.50. The zero-order chi connectivity index (χ0) is 12.1. The number of hydrogen-bond acceptors (Lipinski definition) is 3. The predicted molar refractivity (Wildman–Crippen MR) is 83.4 cm³/mol. The van der Waals surface area contributed by atoms with E-state index in [0.29, 0.717) is 6.04 Å². The number of nitrogens with zero attached hydrogens (tertiary/aromatic N) is 1. The summed E-state index contributed by atoms with van der Waals surface area (Å²) in [7, 11) is 0. The topological polar surface area (TPSA) is 44.4 Å². The lowest BCUT2D eigenvalue weighted by Gasteiger charge is -2.33. The Hall–Kier alpha value is -0.0300. The standard InChI is InChI=1S/C13H25N3O.2ClH/c1-2-16-8-4-6-12(10-16)15-13(17)11-5-3-7-14-9-11;;/h11-12,14H,2-10H2,1H3,(H,15,17);2*1H. The number of carbonyl (C=O) groups is 1. The second kappa shape index (κ2) is 9.81. The van der Waals surface area contributed by atoms with Gasteiger partial charge in [-0.05, 0) is 45.3 Å². The molecule has 2 heterocycles. The number of halogens is 2. The number of nitrogens with one attached hydrogen (secondary N) is 2. The summed E-state index contributed by atoms with van der Waals surface area (Å²) in [6.45, 7) is 7.43. The van der Waals surface area contributed by atoms with Crippen LogP contribution in [0.5, 0.6) is 0 Å². The van der Waals surface area contributed by atoms with E-state index >= 15 is 0 Å². The van der Waals surface area contributed by atoms with Gasteiger partial charge in [0, 0.05) is 19.1 Å². The second-order valence-electron chi connectivity index (χ2n) is 5.28. The van der Waals surface area contributed by atoms with Crippen molar-refractivity contribution < 1.29 is 4.79 Å². The highest BCUT2D eigenvalue weighted by molar-refractivity contribution is 5.85. The molecular weight excluding hydrogens is 285 g/mol. The molecule has 2 atom stereocenters. The number of likely N-dealkylation sites (tertiary alicyclic amines) is 1. The number of piperidine rings is 2. The number of likely N-dealkylation sites (N-methyl/N-ethyl adjacent to an activating group) is 1. The average Bonchev–Trinajstić information content (AvgIpc) is 2.40. The van der Waals surface area contributed by atoms with Crippen molar-refractivity contribution in [2.45, 2.75) is 38.6 Å². The van der Waals surface area contributed by atoms with Crippen LogP contribution >= 0.6 is 24.8 Å².